The molecule has 0 aliphatic carbocycles. The molecule has 0 aromatic carbocycles. The van der Waals surface area contributed by atoms with E-state index in [1.54, 1.807) is 24.4 Å². The van der Waals surface area contributed by atoms with Crippen LogP contribution in [0, 0.1) is 6.92 Å². The molecule has 1 atom stereocenters. The van der Waals surface area contributed by atoms with Crippen molar-refractivity contribution < 1.29 is 18.7 Å². The molecule has 0 radical (unpaired) electrons. The van der Waals surface area contributed by atoms with Crippen LogP contribution in [0.3, 0.4) is 0 Å². The molecule has 1 amide bonds. The maximum atomic E-state index is 11.7. The van der Waals surface area contributed by atoms with E-state index in [1.807, 2.05) is 6.92 Å². The molecule has 2 aromatic rings. The average Bonchev–Trinajstić information content (AvgIpc) is 3.08. The minimum Gasteiger partial charge on any atom is -0.467 e. The monoisotopic (exact) mass is 308 g/mol. The van der Waals surface area contributed by atoms with E-state index in [4.69, 9.17) is 9.15 Å². The predicted octanol–water partition coefficient (Wildman–Crippen LogP) is 2.01. The van der Waals surface area contributed by atoms with Gasteiger partial charge < -0.3 is 14.5 Å². The highest BCUT2D eigenvalue weighted by Crippen LogP contribution is 2.12. The second-order valence-corrected chi connectivity index (χ2v) is 5.56. The third-order valence-electron chi connectivity index (χ3n) is 2.70. The lowest BCUT2D eigenvalue weighted by molar-refractivity contribution is -0.148. The molecule has 21 heavy (non-hydrogen) atoms. The molecular formula is C14H16N2O4S. The number of furan rings is 1. The standard InChI is InChI=1S/C14H16N2O4S/c1-9(12-4-3-5-19-12)15-13(17)7-20-14(18)6-11-8-21-10(2)16-11/h3-5,8-9H,6-7H2,1-2H3,(H,15,17). The zero-order valence-electron chi connectivity index (χ0n) is 11.8. The first kappa shape index (κ1) is 15.2. The number of ether oxygens (including phenoxy) is 1. The van der Waals surface area contributed by atoms with E-state index in [0.29, 0.717) is 11.5 Å². The predicted molar refractivity (Wildman–Crippen MR) is 76.8 cm³/mol. The first-order valence-corrected chi connectivity index (χ1v) is 7.32. The average molecular weight is 308 g/mol. The SMILES string of the molecule is Cc1nc(CC(=O)OCC(=O)NC(C)c2ccco2)cs1. The maximum absolute atomic E-state index is 11.7. The number of esters is 1. The molecule has 0 spiro atoms. The number of rotatable bonds is 6. The smallest absolute Gasteiger partial charge is 0.312 e. The fourth-order valence-corrected chi connectivity index (χ4v) is 2.34. The van der Waals surface area contributed by atoms with E-state index >= 15 is 0 Å². The van der Waals surface area contributed by atoms with E-state index in [0.717, 1.165) is 5.01 Å². The van der Waals surface area contributed by atoms with Gasteiger partial charge in [-0.15, -0.1) is 11.3 Å². The van der Waals surface area contributed by atoms with E-state index in [9.17, 15) is 9.59 Å². The van der Waals surface area contributed by atoms with Crippen molar-refractivity contribution in [2.45, 2.75) is 26.3 Å². The van der Waals surface area contributed by atoms with Gasteiger partial charge >= 0.3 is 5.97 Å². The zero-order chi connectivity index (χ0) is 15.2. The van der Waals surface area contributed by atoms with Crippen LogP contribution in [-0.2, 0) is 20.7 Å². The van der Waals surface area contributed by atoms with Gasteiger partial charge in [0.2, 0.25) is 0 Å². The van der Waals surface area contributed by atoms with Gasteiger partial charge in [0.25, 0.3) is 5.91 Å². The number of nitrogens with one attached hydrogen (secondary N) is 1. The van der Waals surface area contributed by atoms with Crippen LogP contribution in [0.1, 0.15) is 29.4 Å². The van der Waals surface area contributed by atoms with Crippen LogP contribution in [0.15, 0.2) is 28.2 Å². The van der Waals surface area contributed by atoms with E-state index in [-0.39, 0.29) is 25.0 Å². The summed E-state index contributed by atoms with van der Waals surface area (Å²) in [7, 11) is 0. The lowest BCUT2D eigenvalue weighted by atomic mass is 10.2. The third kappa shape index (κ3) is 4.71. The number of aryl methyl sites for hydroxylation is 1. The highest BCUT2D eigenvalue weighted by molar-refractivity contribution is 7.09. The molecule has 0 saturated carbocycles. The van der Waals surface area contributed by atoms with Crippen molar-refractivity contribution in [1.82, 2.24) is 10.3 Å². The Morgan fingerprint density at radius 1 is 1.52 bits per heavy atom. The van der Waals surface area contributed by atoms with Gasteiger partial charge in [-0.05, 0) is 26.0 Å². The van der Waals surface area contributed by atoms with Gasteiger partial charge in [-0.25, -0.2) is 4.98 Å². The summed E-state index contributed by atoms with van der Waals surface area (Å²) in [5.41, 5.74) is 0.659. The lowest BCUT2D eigenvalue weighted by Crippen LogP contribution is -2.31. The van der Waals surface area contributed by atoms with Gasteiger partial charge in [0.15, 0.2) is 6.61 Å². The van der Waals surface area contributed by atoms with Gasteiger partial charge in [0, 0.05) is 5.38 Å². The van der Waals surface area contributed by atoms with Crippen LogP contribution in [0.2, 0.25) is 0 Å². The molecule has 2 rings (SSSR count). The summed E-state index contributed by atoms with van der Waals surface area (Å²) in [5, 5.41) is 5.37. The molecule has 2 aromatic heterocycles. The Balaban J connectivity index is 1.72. The Kier molecular flexibility index (Phi) is 5.10. The Labute approximate surface area is 126 Å². The summed E-state index contributed by atoms with van der Waals surface area (Å²) in [5.74, 6) is -0.199. The largest absolute Gasteiger partial charge is 0.467 e. The molecule has 7 heteroatoms. The Bertz CT molecular complexity index is 606. The van der Waals surface area contributed by atoms with Crippen LogP contribution in [0.25, 0.3) is 0 Å². The molecular weight excluding hydrogens is 292 g/mol. The number of carbonyl (C=O) groups excluding carboxylic acids is 2. The van der Waals surface area contributed by atoms with Crippen molar-refractivity contribution in [3.05, 3.63) is 40.2 Å². The number of nitrogens with zero attached hydrogens (tertiary/aromatic N) is 1. The van der Waals surface area contributed by atoms with Crippen LogP contribution < -0.4 is 5.32 Å². The number of amides is 1. The van der Waals surface area contributed by atoms with Crippen molar-refractivity contribution >= 4 is 23.2 Å². The summed E-state index contributed by atoms with van der Waals surface area (Å²) in [6.45, 7) is 3.34. The molecule has 2 heterocycles. The number of aromatic nitrogens is 1. The Morgan fingerprint density at radius 3 is 2.95 bits per heavy atom. The van der Waals surface area contributed by atoms with Crippen LogP contribution in [0.5, 0.6) is 0 Å². The molecule has 112 valence electrons. The molecule has 6 nitrogen and oxygen atoms in total. The number of carbonyl (C=O) groups is 2. The van der Waals surface area contributed by atoms with Gasteiger partial charge in [-0.3, -0.25) is 9.59 Å². The fourth-order valence-electron chi connectivity index (χ4n) is 1.73. The molecule has 0 fully saturated rings. The number of hydrogen-bond donors (Lipinski definition) is 1. The topological polar surface area (TPSA) is 81.4 Å². The first-order chi connectivity index (χ1) is 10.0. The van der Waals surface area contributed by atoms with Crippen LogP contribution in [-0.4, -0.2) is 23.5 Å². The van der Waals surface area contributed by atoms with Gasteiger partial charge in [-0.2, -0.15) is 0 Å². The zero-order valence-corrected chi connectivity index (χ0v) is 12.6. The number of hydrogen-bond acceptors (Lipinski definition) is 6. The molecule has 0 aliphatic heterocycles. The normalized spacial score (nSPS) is 11.9. The van der Waals surface area contributed by atoms with E-state index in [1.165, 1.54) is 17.6 Å². The summed E-state index contributed by atoms with van der Waals surface area (Å²) in [6.07, 6.45) is 1.61. The quantitative estimate of drug-likeness (QED) is 0.826. The van der Waals surface area contributed by atoms with E-state index in [2.05, 4.69) is 10.3 Å². The summed E-state index contributed by atoms with van der Waals surface area (Å²) in [4.78, 5) is 27.4. The van der Waals surface area contributed by atoms with Crippen molar-refractivity contribution in [3.63, 3.8) is 0 Å². The van der Waals surface area contributed by atoms with Crippen molar-refractivity contribution in [1.29, 1.82) is 0 Å². The van der Waals surface area contributed by atoms with Crippen molar-refractivity contribution in [2.75, 3.05) is 6.61 Å². The third-order valence-corrected chi connectivity index (χ3v) is 3.53. The van der Waals surface area contributed by atoms with Crippen molar-refractivity contribution in [2.24, 2.45) is 0 Å². The molecule has 0 saturated heterocycles. The number of thiazole rings is 1. The van der Waals surface area contributed by atoms with Crippen LogP contribution in [0.4, 0.5) is 0 Å². The van der Waals surface area contributed by atoms with Gasteiger partial charge in [-0.1, -0.05) is 0 Å². The Morgan fingerprint density at radius 2 is 2.33 bits per heavy atom. The summed E-state index contributed by atoms with van der Waals surface area (Å²) >= 11 is 1.47. The van der Waals surface area contributed by atoms with Crippen LogP contribution >= 0.6 is 11.3 Å². The second kappa shape index (κ2) is 7.03. The molecule has 1 N–H and O–H groups in total. The minimum atomic E-state index is -0.471. The second-order valence-electron chi connectivity index (χ2n) is 4.50. The molecule has 1 unspecified atom stereocenters. The fraction of sp³-hybridized carbons (Fsp3) is 0.357. The first-order valence-electron chi connectivity index (χ1n) is 6.44. The summed E-state index contributed by atoms with van der Waals surface area (Å²) in [6, 6.07) is 3.24. The minimum absolute atomic E-state index is 0.0748. The summed E-state index contributed by atoms with van der Waals surface area (Å²) < 4.78 is 10.1. The molecule has 0 bridgehead atoms. The van der Waals surface area contributed by atoms with Gasteiger partial charge in [0.05, 0.1) is 29.4 Å². The highest BCUT2D eigenvalue weighted by Gasteiger charge is 2.14. The Hall–Kier alpha value is -2.15. The lowest BCUT2D eigenvalue weighted by Gasteiger charge is -2.11. The maximum Gasteiger partial charge on any atom is 0.312 e. The van der Waals surface area contributed by atoms with Crippen molar-refractivity contribution in [3.8, 4) is 0 Å². The highest BCUT2D eigenvalue weighted by atomic mass is 32.1. The van der Waals surface area contributed by atoms with E-state index < -0.39 is 5.97 Å². The van der Waals surface area contributed by atoms with Gasteiger partial charge in [0.1, 0.15) is 5.76 Å². The molecule has 0 aliphatic rings.